The average Bonchev–Trinajstić information content (AvgIpc) is 2.52. The summed E-state index contributed by atoms with van der Waals surface area (Å²) in [4.78, 5) is 22.7. The molecule has 0 aliphatic heterocycles. The fourth-order valence-corrected chi connectivity index (χ4v) is 1.73. The summed E-state index contributed by atoms with van der Waals surface area (Å²) in [6, 6.07) is 15.8. The third kappa shape index (κ3) is 4.31. The zero-order valence-electron chi connectivity index (χ0n) is 11.4. The van der Waals surface area contributed by atoms with Crippen molar-refractivity contribution < 1.29 is 14.3 Å². The van der Waals surface area contributed by atoms with Crippen molar-refractivity contribution in [3.8, 4) is 0 Å². The maximum Gasteiger partial charge on any atom is 0.338 e. The molecule has 2 aromatic carbocycles. The van der Waals surface area contributed by atoms with Crippen molar-refractivity contribution in [3.63, 3.8) is 0 Å². The number of carbonyl (C=O) groups is 2. The first kappa shape index (κ1) is 14.5. The zero-order chi connectivity index (χ0) is 15.1. The molecule has 0 atom stereocenters. The minimum absolute atomic E-state index is 0.186. The molecule has 0 aliphatic rings. The summed E-state index contributed by atoms with van der Waals surface area (Å²) >= 11 is 0. The van der Waals surface area contributed by atoms with Crippen molar-refractivity contribution in [3.05, 3.63) is 77.4 Å². The van der Waals surface area contributed by atoms with Crippen molar-refractivity contribution in [1.82, 2.24) is 0 Å². The Hall–Kier alpha value is -2.88. The number of esters is 1. The molecular formula is C17H15NO3. The maximum absolute atomic E-state index is 11.8. The molecule has 0 aromatic heterocycles. The standard InChI is InChI=1S/C17H15NO3/c18-16(19)14-8-10-15(11-9-14)17(20)21-12-4-7-13-5-2-1-3-6-13/h1-11H,12H2,(H2,18,19)/b7-4+. The van der Waals surface area contributed by atoms with Gasteiger partial charge in [-0.25, -0.2) is 4.79 Å². The van der Waals surface area contributed by atoms with Gasteiger partial charge in [0, 0.05) is 5.56 Å². The normalized spacial score (nSPS) is 10.5. The summed E-state index contributed by atoms with van der Waals surface area (Å²) in [5.74, 6) is -0.968. The van der Waals surface area contributed by atoms with Crippen molar-refractivity contribution in [2.45, 2.75) is 0 Å². The highest BCUT2D eigenvalue weighted by molar-refractivity contribution is 5.95. The Morgan fingerprint density at radius 3 is 2.19 bits per heavy atom. The highest BCUT2D eigenvalue weighted by Gasteiger charge is 2.07. The van der Waals surface area contributed by atoms with E-state index in [1.807, 2.05) is 36.4 Å². The van der Waals surface area contributed by atoms with Gasteiger partial charge in [0.2, 0.25) is 5.91 Å². The average molecular weight is 281 g/mol. The largest absolute Gasteiger partial charge is 0.458 e. The number of hydrogen-bond donors (Lipinski definition) is 1. The second-order valence-electron chi connectivity index (χ2n) is 4.35. The quantitative estimate of drug-likeness (QED) is 0.856. The summed E-state index contributed by atoms with van der Waals surface area (Å²) < 4.78 is 5.11. The van der Waals surface area contributed by atoms with Gasteiger partial charge in [-0.05, 0) is 35.9 Å². The van der Waals surface area contributed by atoms with Gasteiger partial charge < -0.3 is 10.5 Å². The van der Waals surface area contributed by atoms with Crippen LogP contribution in [-0.2, 0) is 4.74 Å². The van der Waals surface area contributed by atoms with Gasteiger partial charge in [0.1, 0.15) is 6.61 Å². The van der Waals surface area contributed by atoms with Crippen molar-refractivity contribution in [2.24, 2.45) is 5.73 Å². The molecule has 1 amide bonds. The van der Waals surface area contributed by atoms with Crippen molar-refractivity contribution in [1.29, 1.82) is 0 Å². The molecule has 4 heteroatoms. The van der Waals surface area contributed by atoms with E-state index >= 15 is 0 Å². The zero-order valence-corrected chi connectivity index (χ0v) is 11.4. The van der Waals surface area contributed by atoms with Crippen LogP contribution in [0.25, 0.3) is 6.08 Å². The molecule has 0 radical (unpaired) electrons. The molecule has 0 heterocycles. The molecule has 21 heavy (non-hydrogen) atoms. The van der Waals surface area contributed by atoms with Gasteiger partial charge in [-0.15, -0.1) is 0 Å². The van der Waals surface area contributed by atoms with E-state index in [1.54, 1.807) is 6.08 Å². The summed E-state index contributed by atoms with van der Waals surface area (Å²) in [6.45, 7) is 0.186. The molecule has 4 nitrogen and oxygen atoms in total. The van der Waals surface area contributed by atoms with Gasteiger partial charge in [-0.1, -0.05) is 36.4 Å². The fraction of sp³-hybridized carbons (Fsp3) is 0.0588. The van der Waals surface area contributed by atoms with Crippen LogP contribution >= 0.6 is 0 Å². The molecule has 2 N–H and O–H groups in total. The molecule has 0 unspecified atom stereocenters. The van der Waals surface area contributed by atoms with Crippen molar-refractivity contribution in [2.75, 3.05) is 6.61 Å². The van der Waals surface area contributed by atoms with Crippen LogP contribution in [0.1, 0.15) is 26.3 Å². The lowest BCUT2D eigenvalue weighted by molar-refractivity contribution is 0.0550. The summed E-state index contributed by atoms with van der Waals surface area (Å²) in [7, 11) is 0. The fourth-order valence-electron chi connectivity index (χ4n) is 1.73. The maximum atomic E-state index is 11.8. The minimum Gasteiger partial charge on any atom is -0.458 e. The second-order valence-corrected chi connectivity index (χ2v) is 4.35. The molecule has 0 aliphatic carbocycles. The molecule has 0 bridgehead atoms. The monoisotopic (exact) mass is 281 g/mol. The lowest BCUT2D eigenvalue weighted by Crippen LogP contribution is -2.11. The number of benzene rings is 2. The number of hydrogen-bond acceptors (Lipinski definition) is 3. The van der Waals surface area contributed by atoms with Crippen LogP contribution in [0, 0.1) is 0 Å². The van der Waals surface area contributed by atoms with Gasteiger partial charge in [0.25, 0.3) is 0 Å². The van der Waals surface area contributed by atoms with Crippen LogP contribution in [0.5, 0.6) is 0 Å². The molecule has 0 saturated carbocycles. The number of nitrogens with two attached hydrogens (primary N) is 1. The van der Waals surface area contributed by atoms with Gasteiger partial charge in [-0.3, -0.25) is 4.79 Å². The lowest BCUT2D eigenvalue weighted by Gasteiger charge is -2.02. The van der Waals surface area contributed by atoms with E-state index in [9.17, 15) is 9.59 Å². The lowest BCUT2D eigenvalue weighted by atomic mass is 10.1. The van der Waals surface area contributed by atoms with Crippen LogP contribution < -0.4 is 5.73 Å². The van der Waals surface area contributed by atoms with Gasteiger partial charge >= 0.3 is 5.97 Å². The minimum atomic E-state index is -0.527. The van der Waals surface area contributed by atoms with E-state index in [4.69, 9.17) is 10.5 Å². The van der Waals surface area contributed by atoms with E-state index in [1.165, 1.54) is 24.3 Å². The summed E-state index contributed by atoms with van der Waals surface area (Å²) in [6.07, 6.45) is 3.65. The highest BCUT2D eigenvalue weighted by atomic mass is 16.5. The molecule has 106 valence electrons. The van der Waals surface area contributed by atoms with Crippen LogP contribution in [0.4, 0.5) is 0 Å². The predicted molar refractivity (Wildman–Crippen MR) is 80.7 cm³/mol. The molecule has 0 spiro atoms. The molecule has 2 rings (SSSR count). The first-order chi connectivity index (χ1) is 10.2. The Labute approximate surface area is 122 Å². The van der Waals surface area contributed by atoms with Gasteiger partial charge in [-0.2, -0.15) is 0 Å². The number of rotatable bonds is 5. The van der Waals surface area contributed by atoms with E-state index < -0.39 is 11.9 Å². The Morgan fingerprint density at radius 2 is 1.57 bits per heavy atom. The van der Waals surface area contributed by atoms with Crippen LogP contribution in [0.3, 0.4) is 0 Å². The van der Waals surface area contributed by atoms with Crippen LogP contribution in [0.15, 0.2) is 60.7 Å². The third-order valence-corrected chi connectivity index (χ3v) is 2.83. The molecule has 0 fully saturated rings. The van der Waals surface area contributed by atoms with Gasteiger partial charge in [0.15, 0.2) is 0 Å². The topological polar surface area (TPSA) is 69.4 Å². The van der Waals surface area contributed by atoms with E-state index in [0.29, 0.717) is 11.1 Å². The van der Waals surface area contributed by atoms with Crippen LogP contribution in [-0.4, -0.2) is 18.5 Å². The third-order valence-electron chi connectivity index (χ3n) is 2.83. The van der Waals surface area contributed by atoms with E-state index in [2.05, 4.69) is 0 Å². The Morgan fingerprint density at radius 1 is 0.952 bits per heavy atom. The Bertz CT molecular complexity index is 645. The number of ether oxygens (including phenoxy) is 1. The molecule has 2 aromatic rings. The summed E-state index contributed by atoms with van der Waals surface area (Å²) in [5.41, 5.74) is 6.91. The highest BCUT2D eigenvalue weighted by Crippen LogP contribution is 2.06. The van der Waals surface area contributed by atoms with Gasteiger partial charge in [0.05, 0.1) is 5.56 Å². The molecule has 0 saturated heterocycles. The Kier molecular flexibility index (Phi) is 4.88. The number of amides is 1. The van der Waals surface area contributed by atoms with Crippen molar-refractivity contribution >= 4 is 18.0 Å². The second kappa shape index (κ2) is 7.05. The van der Waals surface area contributed by atoms with Crippen LogP contribution in [0.2, 0.25) is 0 Å². The first-order valence-corrected chi connectivity index (χ1v) is 6.45. The Balaban J connectivity index is 1.87. The first-order valence-electron chi connectivity index (χ1n) is 6.45. The van der Waals surface area contributed by atoms with E-state index in [0.717, 1.165) is 5.56 Å². The number of carbonyl (C=O) groups excluding carboxylic acids is 2. The predicted octanol–water partition coefficient (Wildman–Crippen LogP) is 2.66. The molecular weight excluding hydrogens is 266 g/mol. The summed E-state index contributed by atoms with van der Waals surface area (Å²) in [5, 5.41) is 0. The smallest absolute Gasteiger partial charge is 0.338 e. The van der Waals surface area contributed by atoms with E-state index in [-0.39, 0.29) is 6.61 Å². The SMILES string of the molecule is NC(=O)c1ccc(C(=O)OC/C=C/c2ccccc2)cc1. The number of primary amides is 1.